The van der Waals surface area contributed by atoms with E-state index in [4.69, 9.17) is 0 Å². The fraction of sp³-hybridized carbons (Fsp3) is 0.474. The van der Waals surface area contributed by atoms with E-state index in [9.17, 15) is 13.2 Å². The minimum atomic E-state index is -3.59. The van der Waals surface area contributed by atoms with Crippen LogP contribution in [0.25, 0.3) is 0 Å². The summed E-state index contributed by atoms with van der Waals surface area (Å²) in [6.45, 7) is 0. The Labute approximate surface area is 159 Å². The molecule has 2 aliphatic carbocycles. The van der Waals surface area contributed by atoms with Gasteiger partial charge in [-0.15, -0.1) is 0 Å². The van der Waals surface area contributed by atoms with Crippen LogP contribution in [0.4, 0.5) is 5.82 Å². The lowest BCUT2D eigenvalue weighted by atomic mass is 9.96. The Bertz CT molecular complexity index is 928. The van der Waals surface area contributed by atoms with Crippen molar-refractivity contribution in [3.05, 3.63) is 42.1 Å². The molecule has 27 heavy (non-hydrogen) atoms. The van der Waals surface area contributed by atoms with E-state index in [0.29, 0.717) is 17.4 Å². The van der Waals surface area contributed by atoms with Crippen molar-refractivity contribution in [2.75, 3.05) is 5.32 Å². The summed E-state index contributed by atoms with van der Waals surface area (Å²) in [7, 11) is -3.59. The third-order valence-electron chi connectivity index (χ3n) is 5.14. The van der Waals surface area contributed by atoms with E-state index in [0.717, 1.165) is 25.7 Å². The molecule has 0 bridgehead atoms. The molecule has 2 fully saturated rings. The first-order valence-corrected chi connectivity index (χ1v) is 11.0. The lowest BCUT2D eigenvalue weighted by Crippen LogP contribution is -2.26. The fourth-order valence-electron chi connectivity index (χ4n) is 3.51. The summed E-state index contributed by atoms with van der Waals surface area (Å²) in [4.78, 5) is 12.8. The van der Waals surface area contributed by atoms with Crippen LogP contribution < -0.4 is 10.0 Å². The largest absolute Gasteiger partial charge is 0.307 e. The normalized spacial score (nSPS) is 18.4. The molecule has 1 heterocycles. The average Bonchev–Trinajstić information content (AvgIpc) is 3.36. The minimum absolute atomic E-state index is 0.0253. The molecule has 2 N–H and O–H groups in total. The van der Waals surface area contributed by atoms with Gasteiger partial charge in [0.05, 0.1) is 17.1 Å². The summed E-state index contributed by atoms with van der Waals surface area (Å²) in [6.07, 6.45) is 9.13. The van der Waals surface area contributed by atoms with Crippen molar-refractivity contribution in [3.8, 4) is 0 Å². The van der Waals surface area contributed by atoms with Gasteiger partial charge in [0, 0.05) is 17.7 Å². The average molecular weight is 388 g/mol. The van der Waals surface area contributed by atoms with Crippen LogP contribution in [0.5, 0.6) is 0 Å². The van der Waals surface area contributed by atoms with Gasteiger partial charge >= 0.3 is 0 Å². The van der Waals surface area contributed by atoms with Crippen molar-refractivity contribution < 1.29 is 13.2 Å². The molecule has 4 rings (SSSR count). The molecule has 0 saturated heterocycles. The number of hydrogen-bond acceptors (Lipinski definition) is 4. The number of sulfonamides is 1. The number of anilines is 1. The molecule has 2 aliphatic rings. The topological polar surface area (TPSA) is 93.1 Å². The molecule has 1 aromatic heterocycles. The predicted octanol–water partition coefficient (Wildman–Crippen LogP) is 3.08. The van der Waals surface area contributed by atoms with Crippen molar-refractivity contribution >= 4 is 21.7 Å². The Morgan fingerprint density at radius 3 is 2.59 bits per heavy atom. The van der Waals surface area contributed by atoms with E-state index in [-0.39, 0.29) is 16.8 Å². The van der Waals surface area contributed by atoms with Gasteiger partial charge < -0.3 is 5.32 Å². The summed E-state index contributed by atoms with van der Waals surface area (Å²) >= 11 is 0. The first-order chi connectivity index (χ1) is 13.0. The van der Waals surface area contributed by atoms with Crippen LogP contribution in [0, 0.1) is 0 Å². The third-order valence-corrected chi connectivity index (χ3v) is 6.66. The first-order valence-electron chi connectivity index (χ1n) is 9.50. The van der Waals surface area contributed by atoms with Gasteiger partial charge in [0.25, 0.3) is 5.91 Å². The lowest BCUT2D eigenvalue weighted by molar-refractivity contribution is 0.102. The highest BCUT2D eigenvalue weighted by molar-refractivity contribution is 7.89. The number of hydrogen-bond donors (Lipinski definition) is 2. The number of amides is 1. The summed E-state index contributed by atoms with van der Waals surface area (Å²) in [5.41, 5.74) is 0.310. The number of nitrogens with one attached hydrogen (secondary N) is 2. The minimum Gasteiger partial charge on any atom is -0.307 e. The van der Waals surface area contributed by atoms with E-state index in [2.05, 4.69) is 15.1 Å². The zero-order valence-corrected chi connectivity index (χ0v) is 15.9. The van der Waals surface area contributed by atoms with Crippen LogP contribution in [0.2, 0.25) is 0 Å². The van der Waals surface area contributed by atoms with E-state index in [1.807, 2.05) is 4.68 Å². The quantitative estimate of drug-likeness (QED) is 0.795. The van der Waals surface area contributed by atoms with Crippen molar-refractivity contribution in [1.82, 2.24) is 14.5 Å². The molecule has 144 valence electrons. The molecular weight excluding hydrogens is 364 g/mol. The molecule has 2 aromatic rings. The number of rotatable bonds is 6. The number of aromatic nitrogens is 2. The maximum atomic E-state index is 12.7. The number of nitrogens with zero attached hydrogens (tertiary/aromatic N) is 2. The standard InChI is InChI=1S/C19H24N4O3S/c24-19(21-18-11-12-20-23(18)16-6-2-1-3-7-16)14-5-4-8-17(13-14)27(25,26)22-15-9-10-15/h4-5,8,11-13,15-16,22H,1-3,6-7,9-10H2,(H,21,24). The third kappa shape index (κ3) is 4.22. The van der Waals surface area contributed by atoms with Gasteiger partial charge in [0.2, 0.25) is 10.0 Å². The van der Waals surface area contributed by atoms with Crippen LogP contribution in [0.15, 0.2) is 41.4 Å². The summed E-state index contributed by atoms with van der Waals surface area (Å²) in [5.74, 6) is 0.312. The van der Waals surface area contributed by atoms with Gasteiger partial charge in [-0.1, -0.05) is 25.3 Å². The SMILES string of the molecule is O=C(Nc1ccnn1C1CCCCC1)c1cccc(S(=O)(=O)NC2CC2)c1. The van der Waals surface area contributed by atoms with Crippen LogP contribution in [-0.4, -0.2) is 30.1 Å². The van der Waals surface area contributed by atoms with E-state index in [1.54, 1.807) is 24.4 Å². The molecule has 0 aliphatic heterocycles. The fourth-order valence-corrected chi connectivity index (χ4v) is 4.86. The van der Waals surface area contributed by atoms with E-state index in [1.165, 1.54) is 31.4 Å². The molecule has 7 nitrogen and oxygen atoms in total. The van der Waals surface area contributed by atoms with Crippen molar-refractivity contribution in [3.63, 3.8) is 0 Å². The summed E-state index contributed by atoms with van der Waals surface area (Å²) in [5, 5.41) is 7.26. The Balaban J connectivity index is 1.51. The van der Waals surface area contributed by atoms with Crippen LogP contribution in [-0.2, 0) is 10.0 Å². The zero-order valence-electron chi connectivity index (χ0n) is 15.1. The second kappa shape index (κ2) is 7.44. The zero-order chi connectivity index (χ0) is 18.9. The summed E-state index contributed by atoms with van der Waals surface area (Å²) < 4.78 is 29.3. The number of carbonyl (C=O) groups is 1. The molecule has 0 unspecified atom stereocenters. The molecule has 0 radical (unpaired) electrons. The first kappa shape index (κ1) is 18.2. The molecule has 0 atom stereocenters. The van der Waals surface area contributed by atoms with Gasteiger partial charge in [-0.25, -0.2) is 17.8 Å². The second-order valence-corrected chi connectivity index (χ2v) is 9.04. The Hall–Kier alpha value is -2.19. The van der Waals surface area contributed by atoms with Gasteiger partial charge in [-0.3, -0.25) is 4.79 Å². The Kier molecular flexibility index (Phi) is 5.01. The Morgan fingerprint density at radius 1 is 1.07 bits per heavy atom. The maximum Gasteiger partial charge on any atom is 0.256 e. The molecule has 8 heteroatoms. The van der Waals surface area contributed by atoms with Crippen LogP contribution in [0.3, 0.4) is 0 Å². The van der Waals surface area contributed by atoms with Gasteiger partial charge in [-0.05, 0) is 43.9 Å². The molecular formula is C19H24N4O3S. The highest BCUT2D eigenvalue weighted by atomic mass is 32.2. The maximum absolute atomic E-state index is 12.7. The van der Waals surface area contributed by atoms with Crippen LogP contribution in [0.1, 0.15) is 61.3 Å². The lowest BCUT2D eigenvalue weighted by Gasteiger charge is -2.23. The Morgan fingerprint density at radius 2 is 1.85 bits per heavy atom. The van der Waals surface area contributed by atoms with Crippen molar-refractivity contribution in [1.29, 1.82) is 0 Å². The van der Waals surface area contributed by atoms with Crippen molar-refractivity contribution in [2.24, 2.45) is 0 Å². The van der Waals surface area contributed by atoms with Crippen molar-refractivity contribution in [2.45, 2.75) is 61.9 Å². The molecule has 1 amide bonds. The molecule has 1 aromatic carbocycles. The second-order valence-electron chi connectivity index (χ2n) is 7.33. The predicted molar refractivity (Wildman–Crippen MR) is 102 cm³/mol. The monoisotopic (exact) mass is 388 g/mol. The molecule has 2 saturated carbocycles. The van der Waals surface area contributed by atoms with Gasteiger partial charge in [-0.2, -0.15) is 5.10 Å². The van der Waals surface area contributed by atoms with Gasteiger partial charge in [0.1, 0.15) is 5.82 Å². The van der Waals surface area contributed by atoms with E-state index >= 15 is 0 Å². The number of carbonyl (C=O) groups excluding carboxylic acids is 1. The van der Waals surface area contributed by atoms with E-state index < -0.39 is 10.0 Å². The van der Waals surface area contributed by atoms with Crippen LogP contribution >= 0.6 is 0 Å². The smallest absolute Gasteiger partial charge is 0.256 e. The highest BCUT2D eigenvalue weighted by Crippen LogP contribution is 2.30. The summed E-state index contributed by atoms with van der Waals surface area (Å²) in [6, 6.07) is 8.24. The number of benzene rings is 1. The molecule has 0 spiro atoms. The highest BCUT2D eigenvalue weighted by Gasteiger charge is 2.28. The van der Waals surface area contributed by atoms with Gasteiger partial charge in [0.15, 0.2) is 0 Å².